The highest BCUT2D eigenvalue weighted by Crippen LogP contribution is 2.22. The topological polar surface area (TPSA) is 60.9 Å². The Hall–Kier alpha value is -2.19. The first-order valence-corrected chi connectivity index (χ1v) is 9.01. The number of aromatic nitrogens is 6. The normalized spacial score (nSPS) is 11.3. The van der Waals surface area contributed by atoms with Crippen molar-refractivity contribution in [3.63, 3.8) is 0 Å². The first kappa shape index (κ1) is 14.4. The molecule has 0 aliphatic heterocycles. The maximum Gasteiger partial charge on any atom is 0.210 e. The zero-order valence-electron chi connectivity index (χ0n) is 12.5. The van der Waals surface area contributed by atoms with E-state index in [-0.39, 0.29) is 0 Å². The van der Waals surface area contributed by atoms with Gasteiger partial charge < -0.3 is 4.40 Å². The number of rotatable bonds is 5. The summed E-state index contributed by atoms with van der Waals surface area (Å²) in [7, 11) is 0. The molecule has 4 aromatic rings. The summed E-state index contributed by atoms with van der Waals surface area (Å²) in [5.41, 5.74) is 3.20. The van der Waals surface area contributed by atoms with Crippen LogP contribution in [-0.4, -0.2) is 29.6 Å². The van der Waals surface area contributed by atoms with Gasteiger partial charge in [-0.05, 0) is 40.4 Å². The first-order valence-electron chi connectivity index (χ1n) is 7.14. The van der Waals surface area contributed by atoms with Crippen LogP contribution in [0.5, 0.6) is 0 Å². The molecule has 0 aromatic carbocycles. The third-order valence-corrected chi connectivity index (χ3v) is 5.31. The summed E-state index contributed by atoms with van der Waals surface area (Å²) in [6.45, 7) is 2.78. The lowest BCUT2D eigenvalue weighted by Crippen LogP contribution is -2.02. The number of tetrazole rings is 1. The highest BCUT2D eigenvalue weighted by atomic mass is 32.2. The van der Waals surface area contributed by atoms with Crippen LogP contribution >= 0.6 is 23.1 Å². The summed E-state index contributed by atoms with van der Waals surface area (Å²) in [5.74, 6) is 0.742. The van der Waals surface area contributed by atoms with Crippen LogP contribution in [0.1, 0.15) is 16.1 Å². The fraction of sp³-hybridized carbons (Fsp3) is 0.200. The molecule has 0 aliphatic rings. The van der Waals surface area contributed by atoms with Gasteiger partial charge in [0.1, 0.15) is 5.65 Å². The van der Waals surface area contributed by atoms with Crippen molar-refractivity contribution in [1.82, 2.24) is 29.6 Å². The third kappa shape index (κ3) is 2.99. The summed E-state index contributed by atoms with van der Waals surface area (Å²) in [6.07, 6.45) is 4.08. The summed E-state index contributed by atoms with van der Waals surface area (Å²) < 4.78 is 3.89. The average Bonchev–Trinajstić information content (AvgIpc) is 3.26. The molecule has 0 fully saturated rings. The average molecular weight is 342 g/mol. The van der Waals surface area contributed by atoms with Gasteiger partial charge in [0, 0.05) is 23.0 Å². The molecule has 0 N–H and O–H groups in total. The van der Waals surface area contributed by atoms with E-state index < -0.39 is 0 Å². The molecular weight excluding hydrogens is 328 g/mol. The Morgan fingerprint density at radius 3 is 3.04 bits per heavy atom. The van der Waals surface area contributed by atoms with Gasteiger partial charge in [-0.3, -0.25) is 0 Å². The van der Waals surface area contributed by atoms with E-state index in [1.807, 2.05) is 23.0 Å². The van der Waals surface area contributed by atoms with Crippen molar-refractivity contribution < 1.29 is 0 Å². The number of thioether (sulfide) groups is 1. The van der Waals surface area contributed by atoms with Gasteiger partial charge in [-0.15, -0.1) is 16.4 Å². The summed E-state index contributed by atoms with van der Waals surface area (Å²) in [5, 5.41) is 14.9. The minimum Gasteiger partial charge on any atom is -0.307 e. The molecule has 6 nitrogen and oxygen atoms in total. The number of thiophene rings is 1. The highest BCUT2D eigenvalue weighted by molar-refractivity contribution is 7.98. The van der Waals surface area contributed by atoms with Gasteiger partial charge in [-0.1, -0.05) is 23.9 Å². The molecule has 0 unspecified atom stereocenters. The molecule has 0 saturated carbocycles. The minimum atomic E-state index is 0.706. The number of imidazole rings is 1. The van der Waals surface area contributed by atoms with E-state index in [2.05, 4.69) is 55.5 Å². The number of aryl methyl sites for hydroxylation is 1. The van der Waals surface area contributed by atoms with Gasteiger partial charge >= 0.3 is 0 Å². The third-order valence-electron chi connectivity index (χ3n) is 3.46. The van der Waals surface area contributed by atoms with E-state index in [4.69, 9.17) is 0 Å². The molecule has 0 amide bonds. The molecule has 0 aliphatic carbocycles. The quantitative estimate of drug-likeness (QED) is 0.522. The van der Waals surface area contributed by atoms with Crippen molar-refractivity contribution in [2.24, 2.45) is 0 Å². The first-order chi connectivity index (χ1) is 11.3. The Morgan fingerprint density at radius 2 is 2.22 bits per heavy atom. The van der Waals surface area contributed by atoms with Gasteiger partial charge in [0.2, 0.25) is 5.16 Å². The van der Waals surface area contributed by atoms with Crippen molar-refractivity contribution in [3.8, 4) is 0 Å². The molecule has 0 bridgehead atoms. The Balaban J connectivity index is 1.50. The fourth-order valence-corrected chi connectivity index (χ4v) is 3.81. The van der Waals surface area contributed by atoms with Crippen LogP contribution in [0.25, 0.3) is 5.65 Å². The molecule has 0 radical (unpaired) electrons. The zero-order valence-corrected chi connectivity index (χ0v) is 14.1. The standard InChI is InChI=1S/C15H14N6S2/c1-11-4-2-6-20-8-12(16-14(11)20)10-23-15-17-18-19-21(15)9-13-5-3-7-22-13/h2-8H,9-10H2,1H3. The summed E-state index contributed by atoms with van der Waals surface area (Å²) >= 11 is 3.31. The maximum absolute atomic E-state index is 4.68. The van der Waals surface area contributed by atoms with E-state index in [1.54, 1.807) is 23.1 Å². The number of hydrogen-bond donors (Lipinski definition) is 0. The largest absolute Gasteiger partial charge is 0.307 e. The molecule has 4 heterocycles. The Labute approximate surface area is 141 Å². The second-order valence-electron chi connectivity index (χ2n) is 5.14. The SMILES string of the molecule is Cc1cccn2cc(CSc3nnnn3Cc3cccs3)nc12. The summed E-state index contributed by atoms with van der Waals surface area (Å²) in [4.78, 5) is 5.92. The van der Waals surface area contributed by atoms with Gasteiger partial charge in [0.15, 0.2) is 0 Å². The van der Waals surface area contributed by atoms with Crippen LogP contribution in [0, 0.1) is 6.92 Å². The highest BCUT2D eigenvalue weighted by Gasteiger charge is 2.10. The monoisotopic (exact) mass is 342 g/mol. The number of fused-ring (bicyclic) bond motifs is 1. The van der Waals surface area contributed by atoms with Crippen LogP contribution in [0.2, 0.25) is 0 Å². The smallest absolute Gasteiger partial charge is 0.210 e. The number of pyridine rings is 1. The molecule has 0 spiro atoms. The van der Waals surface area contributed by atoms with E-state index in [0.29, 0.717) is 6.54 Å². The lowest BCUT2D eigenvalue weighted by atomic mass is 10.3. The summed E-state index contributed by atoms with van der Waals surface area (Å²) in [6, 6.07) is 8.23. The van der Waals surface area contributed by atoms with Crippen LogP contribution in [0.3, 0.4) is 0 Å². The van der Waals surface area contributed by atoms with E-state index >= 15 is 0 Å². The predicted octanol–water partition coefficient (Wildman–Crippen LogP) is 3.03. The molecule has 4 aromatic heterocycles. The molecule has 0 atom stereocenters. The number of nitrogens with zero attached hydrogens (tertiary/aromatic N) is 6. The Morgan fingerprint density at radius 1 is 1.26 bits per heavy atom. The van der Waals surface area contributed by atoms with E-state index in [0.717, 1.165) is 22.3 Å². The lowest BCUT2D eigenvalue weighted by molar-refractivity contribution is 0.608. The molecule has 8 heteroatoms. The zero-order chi connectivity index (χ0) is 15.6. The van der Waals surface area contributed by atoms with Crippen molar-refractivity contribution in [1.29, 1.82) is 0 Å². The second kappa shape index (κ2) is 6.13. The van der Waals surface area contributed by atoms with Crippen molar-refractivity contribution in [3.05, 3.63) is 58.2 Å². The Kier molecular flexibility index (Phi) is 3.84. The molecular formula is C15H14N6S2. The molecule has 23 heavy (non-hydrogen) atoms. The molecule has 4 rings (SSSR count). The van der Waals surface area contributed by atoms with Crippen molar-refractivity contribution in [2.45, 2.75) is 24.4 Å². The van der Waals surface area contributed by atoms with E-state index in [9.17, 15) is 0 Å². The Bertz CT molecular complexity index is 925. The molecule has 116 valence electrons. The van der Waals surface area contributed by atoms with Gasteiger partial charge in [0.05, 0.1) is 12.2 Å². The van der Waals surface area contributed by atoms with Crippen LogP contribution < -0.4 is 0 Å². The van der Waals surface area contributed by atoms with Gasteiger partial charge in [0.25, 0.3) is 0 Å². The fourth-order valence-electron chi connectivity index (χ4n) is 2.36. The van der Waals surface area contributed by atoms with Gasteiger partial charge in [-0.2, -0.15) is 0 Å². The van der Waals surface area contributed by atoms with Gasteiger partial charge in [-0.25, -0.2) is 9.67 Å². The van der Waals surface area contributed by atoms with Crippen LogP contribution in [0.15, 0.2) is 47.2 Å². The maximum atomic E-state index is 4.68. The lowest BCUT2D eigenvalue weighted by Gasteiger charge is -2.01. The van der Waals surface area contributed by atoms with E-state index in [1.165, 1.54) is 10.4 Å². The second-order valence-corrected chi connectivity index (χ2v) is 7.12. The predicted molar refractivity (Wildman–Crippen MR) is 90.7 cm³/mol. The van der Waals surface area contributed by atoms with Crippen molar-refractivity contribution >= 4 is 28.7 Å². The van der Waals surface area contributed by atoms with Crippen LogP contribution in [0.4, 0.5) is 0 Å². The molecule has 0 saturated heterocycles. The minimum absolute atomic E-state index is 0.706. The number of hydrogen-bond acceptors (Lipinski definition) is 6. The van der Waals surface area contributed by atoms with Crippen LogP contribution in [-0.2, 0) is 12.3 Å². The van der Waals surface area contributed by atoms with Crippen molar-refractivity contribution in [2.75, 3.05) is 0 Å².